The minimum Gasteiger partial charge on any atom is -0.497 e. The Labute approximate surface area is 148 Å². The number of sulfone groups is 1. The van der Waals surface area contributed by atoms with Crippen molar-refractivity contribution in [2.24, 2.45) is 0 Å². The molecule has 2 aromatic rings. The first kappa shape index (κ1) is 17.8. The van der Waals surface area contributed by atoms with Gasteiger partial charge in [0.1, 0.15) is 5.75 Å². The van der Waals surface area contributed by atoms with Crippen LogP contribution < -0.4 is 9.04 Å². The lowest BCUT2D eigenvalue weighted by Crippen LogP contribution is -2.41. The summed E-state index contributed by atoms with van der Waals surface area (Å²) in [5.41, 5.74) is 0.459. The molecule has 8 heteroatoms. The van der Waals surface area contributed by atoms with Crippen molar-refractivity contribution in [3.63, 3.8) is 0 Å². The van der Waals surface area contributed by atoms with E-state index in [1.54, 1.807) is 42.5 Å². The van der Waals surface area contributed by atoms with Crippen molar-refractivity contribution in [3.8, 4) is 5.75 Å². The van der Waals surface area contributed by atoms with E-state index < -0.39 is 25.9 Å². The highest BCUT2D eigenvalue weighted by molar-refractivity contribution is 7.93. The van der Waals surface area contributed by atoms with Crippen LogP contribution in [0, 0.1) is 0 Å². The lowest BCUT2D eigenvalue weighted by molar-refractivity contribution is 0.414. The lowest BCUT2D eigenvalue weighted by atomic mass is 10.2. The van der Waals surface area contributed by atoms with Crippen LogP contribution >= 0.6 is 0 Å². The molecule has 0 bridgehead atoms. The molecule has 0 amide bonds. The van der Waals surface area contributed by atoms with E-state index in [1.807, 2.05) is 0 Å². The van der Waals surface area contributed by atoms with E-state index in [2.05, 4.69) is 0 Å². The molecule has 0 aliphatic carbocycles. The van der Waals surface area contributed by atoms with E-state index in [0.29, 0.717) is 11.4 Å². The summed E-state index contributed by atoms with van der Waals surface area (Å²) in [5.74, 6) is 0.379. The predicted octanol–water partition coefficient (Wildman–Crippen LogP) is 2.08. The molecule has 2 aromatic carbocycles. The molecular formula is C17H19NO5S2. The van der Waals surface area contributed by atoms with E-state index >= 15 is 0 Å². The molecule has 6 nitrogen and oxygen atoms in total. The molecule has 0 saturated carbocycles. The average molecular weight is 381 g/mol. The zero-order valence-electron chi connectivity index (χ0n) is 13.7. The van der Waals surface area contributed by atoms with Gasteiger partial charge in [-0.3, -0.25) is 4.31 Å². The van der Waals surface area contributed by atoms with Gasteiger partial charge in [-0.05, 0) is 42.8 Å². The fourth-order valence-corrected chi connectivity index (χ4v) is 6.42. The van der Waals surface area contributed by atoms with Crippen molar-refractivity contribution in [2.45, 2.75) is 17.4 Å². The average Bonchev–Trinajstić information content (AvgIpc) is 2.95. The van der Waals surface area contributed by atoms with Crippen molar-refractivity contribution >= 4 is 25.5 Å². The summed E-state index contributed by atoms with van der Waals surface area (Å²) in [7, 11) is -5.62. The van der Waals surface area contributed by atoms with E-state index in [1.165, 1.54) is 23.5 Å². The lowest BCUT2D eigenvalue weighted by Gasteiger charge is -2.29. The van der Waals surface area contributed by atoms with E-state index in [9.17, 15) is 16.8 Å². The van der Waals surface area contributed by atoms with Crippen LogP contribution in [0.4, 0.5) is 5.69 Å². The highest BCUT2D eigenvalue weighted by Gasteiger charge is 2.39. The van der Waals surface area contributed by atoms with Gasteiger partial charge >= 0.3 is 0 Å². The Kier molecular flexibility index (Phi) is 4.75. The van der Waals surface area contributed by atoms with Crippen molar-refractivity contribution in [1.29, 1.82) is 0 Å². The third kappa shape index (κ3) is 3.64. The van der Waals surface area contributed by atoms with Crippen LogP contribution in [0.15, 0.2) is 59.5 Å². The van der Waals surface area contributed by atoms with E-state index in [0.717, 1.165) is 0 Å². The highest BCUT2D eigenvalue weighted by Crippen LogP contribution is 2.31. The molecule has 0 unspecified atom stereocenters. The number of rotatable bonds is 5. The summed E-state index contributed by atoms with van der Waals surface area (Å²) < 4.78 is 56.5. The Morgan fingerprint density at radius 1 is 1.04 bits per heavy atom. The molecule has 0 aromatic heterocycles. The molecule has 1 atom stereocenters. The molecule has 25 heavy (non-hydrogen) atoms. The SMILES string of the molecule is COc1ccc(S(=O)(=O)N(c2ccccc2)[C@H]2CCS(=O)(=O)C2)cc1. The van der Waals surface area contributed by atoms with Crippen molar-refractivity contribution in [2.75, 3.05) is 22.9 Å². The Morgan fingerprint density at radius 2 is 1.68 bits per heavy atom. The number of benzene rings is 2. The second-order valence-corrected chi connectivity index (χ2v) is 9.91. The largest absolute Gasteiger partial charge is 0.497 e. The second kappa shape index (κ2) is 6.68. The van der Waals surface area contributed by atoms with Crippen LogP contribution in [0.3, 0.4) is 0 Å². The topological polar surface area (TPSA) is 80.8 Å². The fourth-order valence-electron chi connectivity index (χ4n) is 2.94. The maximum absolute atomic E-state index is 13.2. The smallest absolute Gasteiger partial charge is 0.264 e. The van der Waals surface area contributed by atoms with E-state index in [-0.39, 0.29) is 22.8 Å². The first-order valence-electron chi connectivity index (χ1n) is 7.77. The zero-order chi connectivity index (χ0) is 18.1. The Hall–Kier alpha value is -2.06. The van der Waals surface area contributed by atoms with Gasteiger partial charge in [0.2, 0.25) is 0 Å². The minimum atomic E-state index is -3.90. The molecule has 1 aliphatic rings. The zero-order valence-corrected chi connectivity index (χ0v) is 15.3. The molecule has 0 radical (unpaired) electrons. The van der Waals surface area contributed by atoms with Crippen molar-refractivity contribution < 1.29 is 21.6 Å². The third-order valence-corrected chi connectivity index (χ3v) is 7.81. The molecule has 1 fully saturated rings. The first-order chi connectivity index (χ1) is 11.8. The number of para-hydroxylation sites is 1. The molecule has 1 aliphatic heterocycles. The number of sulfonamides is 1. The number of hydrogen-bond donors (Lipinski definition) is 0. The second-order valence-electron chi connectivity index (χ2n) is 5.87. The standard InChI is InChI=1S/C17H19NO5S2/c1-23-16-7-9-17(10-8-16)25(21,22)18(14-5-3-2-4-6-14)15-11-12-24(19,20)13-15/h2-10,15H,11-13H2,1H3/t15-/m0/s1. The van der Waals surface area contributed by atoms with Gasteiger partial charge < -0.3 is 4.74 Å². The summed E-state index contributed by atoms with van der Waals surface area (Å²) in [6.45, 7) is 0. The minimum absolute atomic E-state index is 0.000860. The molecule has 0 spiro atoms. The van der Waals surface area contributed by atoms with Gasteiger partial charge in [0.25, 0.3) is 10.0 Å². The maximum atomic E-state index is 13.2. The molecule has 3 rings (SSSR count). The quantitative estimate of drug-likeness (QED) is 0.792. The Balaban J connectivity index is 2.07. The van der Waals surface area contributed by atoms with Crippen LogP contribution in [0.25, 0.3) is 0 Å². The summed E-state index contributed by atoms with van der Waals surface area (Å²) in [6.07, 6.45) is 0.284. The van der Waals surface area contributed by atoms with Crippen LogP contribution in [0.5, 0.6) is 5.75 Å². The monoisotopic (exact) mass is 381 g/mol. The summed E-state index contributed by atoms with van der Waals surface area (Å²) in [5, 5.41) is 0. The van der Waals surface area contributed by atoms with Gasteiger partial charge in [-0.2, -0.15) is 0 Å². The van der Waals surface area contributed by atoms with Crippen molar-refractivity contribution in [1.82, 2.24) is 0 Å². The van der Waals surface area contributed by atoms with Crippen LogP contribution in [0.2, 0.25) is 0 Å². The highest BCUT2D eigenvalue weighted by atomic mass is 32.2. The van der Waals surface area contributed by atoms with Crippen LogP contribution in [0.1, 0.15) is 6.42 Å². The normalized spacial score (nSPS) is 19.5. The van der Waals surface area contributed by atoms with Gasteiger partial charge in [-0.1, -0.05) is 18.2 Å². The van der Waals surface area contributed by atoms with Gasteiger partial charge in [-0.25, -0.2) is 16.8 Å². The Morgan fingerprint density at radius 3 is 2.20 bits per heavy atom. The molecule has 0 N–H and O–H groups in total. The number of methoxy groups -OCH3 is 1. The fraction of sp³-hybridized carbons (Fsp3) is 0.294. The number of ether oxygens (including phenoxy) is 1. The van der Waals surface area contributed by atoms with Crippen LogP contribution in [-0.2, 0) is 19.9 Å². The van der Waals surface area contributed by atoms with Gasteiger partial charge in [0.15, 0.2) is 9.84 Å². The van der Waals surface area contributed by atoms with Crippen molar-refractivity contribution in [3.05, 3.63) is 54.6 Å². The van der Waals surface area contributed by atoms with E-state index in [4.69, 9.17) is 4.74 Å². The molecule has 134 valence electrons. The maximum Gasteiger partial charge on any atom is 0.264 e. The van der Waals surface area contributed by atoms with Gasteiger partial charge in [-0.15, -0.1) is 0 Å². The Bertz CT molecular complexity index is 938. The van der Waals surface area contributed by atoms with Crippen LogP contribution in [-0.4, -0.2) is 41.5 Å². The molecule has 1 saturated heterocycles. The predicted molar refractivity (Wildman–Crippen MR) is 96.2 cm³/mol. The number of nitrogens with zero attached hydrogens (tertiary/aromatic N) is 1. The summed E-state index contributed by atoms with van der Waals surface area (Å²) >= 11 is 0. The molecule has 1 heterocycles. The molecular weight excluding hydrogens is 362 g/mol. The number of hydrogen-bond acceptors (Lipinski definition) is 5. The summed E-state index contributed by atoms with van der Waals surface area (Å²) in [6, 6.07) is 14.1. The van der Waals surface area contributed by atoms with Gasteiger partial charge in [0.05, 0.1) is 35.2 Å². The third-order valence-electron chi connectivity index (χ3n) is 4.17. The summed E-state index contributed by atoms with van der Waals surface area (Å²) in [4.78, 5) is 0.0986. The van der Waals surface area contributed by atoms with Gasteiger partial charge in [0, 0.05) is 0 Å². The number of anilines is 1. The first-order valence-corrected chi connectivity index (χ1v) is 11.0.